The molecular weight excluding hydrogens is 283 g/mol. The first-order valence-corrected chi connectivity index (χ1v) is 7.93. The third-order valence-corrected chi connectivity index (χ3v) is 5.41. The fourth-order valence-corrected chi connectivity index (χ4v) is 4.08. The first-order chi connectivity index (χ1) is 9.17. The molecule has 1 aromatic rings. The standard InChI is InChI=1S/C14H16ClFN2S/c15-10-3-4-12(11(16)7-10)18-13-17-8-14(9-19-13)5-1-2-6-14/h3-4,7H,1-2,5-6,8-9H2,(H,17,18). The molecule has 1 heterocycles. The van der Waals surface area contributed by atoms with Gasteiger partial charge in [0, 0.05) is 17.3 Å². The van der Waals surface area contributed by atoms with Crippen LogP contribution in [0.25, 0.3) is 0 Å². The quantitative estimate of drug-likeness (QED) is 0.822. The molecule has 1 aliphatic carbocycles. The number of nitrogens with one attached hydrogen (secondary N) is 1. The molecule has 0 atom stereocenters. The van der Waals surface area contributed by atoms with Crippen molar-refractivity contribution in [2.45, 2.75) is 25.7 Å². The van der Waals surface area contributed by atoms with Gasteiger partial charge in [0.2, 0.25) is 0 Å². The van der Waals surface area contributed by atoms with Crippen LogP contribution in [-0.2, 0) is 0 Å². The lowest BCUT2D eigenvalue weighted by molar-refractivity contribution is 0.359. The average molecular weight is 299 g/mol. The van der Waals surface area contributed by atoms with Gasteiger partial charge in [0.05, 0.1) is 5.69 Å². The van der Waals surface area contributed by atoms with Crippen molar-refractivity contribution in [3.8, 4) is 0 Å². The summed E-state index contributed by atoms with van der Waals surface area (Å²) in [4.78, 5) is 4.59. The summed E-state index contributed by atoms with van der Waals surface area (Å²) in [5.41, 5.74) is 0.854. The summed E-state index contributed by atoms with van der Waals surface area (Å²) >= 11 is 7.44. The van der Waals surface area contributed by atoms with Gasteiger partial charge >= 0.3 is 0 Å². The maximum Gasteiger partial charge on any atom is 0.161 e. The smallest absolute Gasteiger partial charge is 0.161 e. The first kappa shape index (κ1) is 13.3. The number of hydrogen-bond acceptors (Lipinski definition) is 3. The minimum absolute atomic E-state index is 0.336. The van der Waals surface area contributed by atoms with E-state index in [-0.39, 0.29) is 5.82 Å². The van der Waals surface area contributed by atoms with Crippen molar-refractivity contribution in [2.75, 3.05) is 17.6 Å². The molecule has 0 amide bonds. The summed E-state index contributed by atoms with van der Waals surface area (Å²) < 4.78 is 13.7. The van der Waals surface area contributed by atoms with Crippen LogP contribution in [-0.4, -0.2) is 17.5 Å². The van der Waals surface area contributed by atoms with Crippen molar-refractivity contribution >= 4 is 34.2 Å². The highest BCUT2D eigenvalue weighted by molar-refractivity contribution is 8.14. The number of rotatable bonds is 1. The Labute approximate surface area is 121 Å². The Hall–Kier alpha value is -0.740. The zero-order chi connectivity index (χ0) is 13.3. The molecule has 3 rings (SSSR count). The van der Waals surface area contributed by atoms with Crippen LogP contribution in [0.3, 0.4) is 0 Å². The highest BCUT2D eigenvalue weighted by Gasteiger charge is 2.36. The van der Waals surface area contributed by atoms with Gasteiger partial charge in [0.1, 0.15) is 5.82 Å². The van der Waals surface area contributed by atoms with Gasteiger partial charge in [0.15, 0.2) is 5.17 Å². The molecule has 0 unspecified atom stereocenters. The number of benzene rings is 1. The van der Waals surface area contributed by atoms with Gasteiger partial charge in [0.25, 0.3) is 0 Å². The van der Waals surface area contributed by atoms with Crippen LogP contribution in [0.4, 0.5) is 10.1 Å². The van der Waals surface area contributed by atoms with Crippen LogP contribution < -0.4 is 5.32 Å². The predicted octanol–water partition coefficient (Wildman–Crippen LogP) is 4.55. The molecule has 0 aromatic heterocycles. The monoisotopic (exact) mass is 298 g/mol. The predicted molar refractivity (Wildman–Crippen MR) is 80.7 cm³/mol. The summed E-state index contributed by atoms with van der Waals surface area (Å²) in [6.07, 6.45) is 5.22. The normalized spacial score (nSPS) is 21.5. The Bertz CT molecular complexity index is 512. The third kappa shape index (κ3) is 2.90. The fourth-order valence-electron chi connectivity index (χ4n) is 2.76. The second-order valence-corrected chi connectivity index (χ2v) is 6.77. The molecule has 0 radical (unpaired) electrons. The minimum atomic E-state index is -0.336. The molecule has 5 heteroatoms. The zero-order valence-corrected chi connectivity index (χ0v) is 12.2. The number of amidine groups is 1. The molecule has 102 valence electrons. The molecule has 2 nitrogen and oxygen atoms in total. The van der Waals surface area contributed by atoms with Crippen molar-refractivity contribution < 1.29 is 4.39 Å². The summed E-state index contributed by atoms with van der Waals surface area (Å²) in [5.74, 6) is 0.755. The molecule has 1 fully saturated rings. The van der Waals surface area contributed by atoms with Crippen LogP contribution in [0.1, 0.15) is 25.7 Å². The molecule has 19 heavy (non-hydrogen) atoms. The highest BCUT2D eigenvalue weighted by atomic mass is 35.5. The second kappa shape index (κ2) is 5.33. The van der Waals surface area contributed by atoms with E-state index in [0.29, 0.717) is 16.1 Å². The van der Waals surface area contributed by atoms with E-state index in [0.717, 1.165) is 17.5 Å². The molecule has 1 N–H and O–H groups in total. The zero-order valence-electron chi connectivity index (χ0n) is 10.6. The van der Waals surface area contributed by atoms with Crippen molar-refractivity contribution in [3.63, 3.8) is 0 Å². The SMILES string of the molecule is Fc1cc(Cl)ccc1NC1=NCC2(CCCC2)CS1. The Morgan fingerprint density at radius 1 is 1.32 bits per heavy atom. The molecule has 1 spiro atoms. The highest BCUT2D eigenvalue weighted by Crippen LogP contribution is 2.43. The lowest BCUT2D eigenvalue weighted by Gasteiger charge is -2.31. The summed E-state index contributed by atoms with van der Waals surface area (Å²) in [7, 11) is 0. The van der Waals surface area contributed by atoms with E-state index in [1.165, 1.54) is 31.7 Å². The van der Waals surface area contributed by atoms with Crippen LogP contribution >= 0.6 is 23.4 Å². The summed E-state index contributed by atoms with van der Waals surface area (Å²) in [6, 6.07) is 4.65. The molecule has 1 aliphatic heterocycles. The van der Waals surface area contributed by atoms with Gasteiger partial charge in [-0.2, -0.15) is 0 Å². The van der Waals surface area contributed by atoms with Crippen LogP contribution in [0.15, 0.2) is 23.2 Å². The van der Waals surface area contributed by atoms with Gasteiger partial charge in [-0.1, -0.05) is 36.2 Å². The molecule has 0 saturated heterocycles. The number of anilines is 1. The fraction of sp³-hybridized carbons (Fsp3) is 0.500. The third-order valence-electron chi connectivity index (χ3n) is 3.91. The van der Waals surface area contributed by atoms with Crippen LogP contribution in [0, 0.1) is 11.2 Å². The van der Waals surface area contributed by atoms with E-state index in [1.807, 2.05) is 0 Å². The Morgan fingerprint density at radius 2 is 2.11 bits per heavy atom. The summed E-state index contributed by atoms with van der Waals surface area (Å²) in [5, 5.41) is 4.29. The van der Waals surface area contributed by atoms with E-state index in [9.17, 15) is 4.39 Å². The van der Waals surface area contributed by atoms with E-state index >= 15 is 0 Å². The van der Waals surface area contributed by atoms with Gasteiger partial charge < -0.3 is 5.32 Å². The molecular formula is C14H16ClFN2S. The van der Waals surface area contributed by atoms with Crippen molar-refractivity contribution in [2.24, 2.45) is 10.4 Å². The average Bonchev–Trinajstić information content (AvgIpc) is 2.84. The van der Waals surface area contributed by atoms with Crippen molar-refractivity contribution in [1.29, 1.82) is 0 Å². The maximum atomic E-state index is 13.7. The van der Waals surface area contributed by atoms with Crippen LogP contribution in [0.5, 0.6) is 0 Å². The largest absolute Gasteiger partial charge is 0.333 e. The van der Waals surface area contributed by atoms with Crippen molar-refractivity contribution in [1.82, 2.24) is 0 Å². The molecule has 1 saturated carbocycles. The topological polar surface area (TPSA) is 24.4 Å². The Balaban J connectivity index is 1.69. The minimum Gasteiger partial charge on any atom is -0.333 e. The lowest BCUT2D eigenvalue weighted by atomic mass is 9.89. The van der Waals surface area contributed by atoms with Gasteiger partial charge in [-0.3, -0.25) is 4.99 Å². The Kier molecular flexibility index (Phi) is 3.72. The summed E-state index contributed by atoms with van der Waals surface area (Å²) in [6.45, 7) is 0.873. The number of nitrogens with zero attached hydrogens (tertiary/aromatic N) is 1. The second-order valence-electron chi connectivity index (χ2n) is 5.37. The number of thioether (sulfide) groups is 1. The van der Waals surface area contributed by atoms with E-state index in [4.69, 9.17) is 11.6 Å². The van der Waals surface area contributed by atoms with E-state index in [1.54, 1.807) is 23.9 Å². The van der Waals surface area contributed by atoms with Gasteiger partial charge in [-0.25, -0.2) is 4.39 Å². The maximum absolute atomic E-state index is 13.7. The van der Waals surface area contributed by atoms with E-state index in [2.05, 4.69) is 10.3 Å². The number of aliphatic imine (C=N–C) groups is 1. The van der Waals surface area contributed by atoms with Gasteiger partial charge in [-0.15, -0.1) is 0 Å². The van der Waals surface area contributed by atoms with Gasteiger partial charge in [-0.05, 0) is 36.5 Å². The Morgan fingerprint density at radius 3 is 2.74 bits per heavy atom. The first-order valence-electron chi connectivity index (χ1n) is 6.56. The molecule has 1 aromatic carbocycles. The number of halogens is 2. The number of hydrogen-bond donors (Lipinski definition) is 1. The van der Waals surface area contributed by atoms with Crippen LogP contribution in [0.2, 0.25) is 5.02 Å². The molecule has 2 aliphatic rings. The van der Waals surface area contributed by atoms with E-state index < -0.39 is 0 Å². The molecule has 0 bridgehead atoms. The lowest BCUT2D eigenvalue weighted by Crippen LogP contribution is -2.30. The van der Waals surface area contributed by atoms with Crippen molar-refractivity contribution in [3.05, 3.63) is 29.0 Å².